The third-order valence-electron chi connectivity index (χ3n) is 9.90. The molecule has 37 heavy (non-hydrogen) atoms. The fraction of sp³-hybridized carbons (Fsp3) is 0.657. The standard InChI is InChI=1S/C35H52N2/c1-27-21-33(25-35(2,3)24-27)36-32-22-31(34(23-32)30-15-8-5-9-16-30)26-37-19-17-29(18-20-37)14-10-13-28-11-6-4-7-12-28/h4-9,11-12,15-16,27,29,31-34,36H,10,13-14,17-26H2,1-3H3/t27?,31-,32?,33?,34-/m1/s1. The number of piperidine rings is 1. The highest BCUT2D eigenvalue weighted by molar-refractivity contribution is 5.23. The van der Waals surface area contributed by atoms with E-state index in [-0.39, 0.29) is 0 Å². The zero-order valence-electron chi connectivity index (χ0n) is 23.9. The molecule has 3 aliphatic rings. The van der Waals surface area contributed by atoms with Crippen LogP contribution in [0.4, 0.5) is 0 Å². The topological polar surface area (TPSA) is 15.3 Å². The number of aryl methyl sites for hydroxylation is 1. The van der Waals surface area contributed by atoms with Gasteiger partial charge in [-0.2, -0.15) is 0 Å². The van der Waals surface area contributed by atoms with Crippen molar-refractivity contribution in [2.45, 2.75) is 103 Å². The average Bonchev–Trinajstić information content (AvgIpc) is 3.27. The molecule has 2 saturated carbocycles. The van der Waals surface area contributed by atoms with E-state index in [1.807, 2.05) is 0 Å². The lowest BCUT2D eigenvalue weighted by atomic mass is 9.70. The van der Waals surface area contributed by atoms with Crippen LogP contribution in [0.3, 0.4) is 0 Å². The van der Waals surface area contributed by atoms with Crippen molar-refractivity contribution >= 4 is 0 Å². The van der Waals surface area contributed by atoms with E-state index >= 15 is 0 Å². The first kappa shape index (κ1) is 26.9. The van der Waals surface area contributed by atoms with Crippen LogP contribution in [-0.4, -0.2) is 36.6 Å². The van der Waals surface area contributed by atoms with Crippen molar-refractivity contribution in [3.63, 3.8) is 0 Å². The van der Waals surface area contributed by atoms with Gasteiger partial charge in [0.2, 0.25) is 0 Å². The molecule has 1 heterocycles. The fourth-order valence-corrected chi connectivity index (χ4v) is 8.41. The van der Waals surface area contributed by atoms with Gasteiger partial charge in [-0.25, -0.2) is 0 Å². The van der Waals surface area contributed by atoms with Crippen LogP contribution in [0.1, 0.15) is 95.6 Å². The molecule has 3 unspecified atom stereocenters. The number of rotatable bonds is 9. The Morgan fingerprint density at radius 1 is 0.838 bits per heavy atom. The Morgan fingerprint density at radius 2 is 1.54 bits per heavy atom. The molecular weight excluding hydrogens is 448 g/mol. The number of likely N-dealkylation sites (tertiary alicyclic amines) is 1. The molecule has 1 N–H and O–H groups in total. The molecule has 5 rings (SSSR count). The van der Waals surface area contributed by atoms with Crippen molar-refractivity contribution in [2.24, 2.45) is 23.2 Å². The zero-order valence-corrected chi connectivity index (χ0v) is 23.9. The molecule has 0 bridgehead atoms. The van der Waals surface area contributed by atoms with E-state index in [2.05, 4.69) is 91.7 Å². The quantitative estimate of drug-likeness (QED) is 0.374. The first-order valence-electron chi connectivity index (χ1n) is 15.5. The molecular formula is C35H52N2. The molecule has 2 aromatic carbocycles. The number of hydrogen-bond donors (Lipinski definition) is 1. The van der Waals surface area contributed by atoms with Crippen molar-refractivity contribution in [3.05, 3.63) is 71.8 Å². The highest BCUT2D eigenvalue weighted by Gasteiger charge is 2.39. The van der Waals surface area contributed by atoms with Gasteiger partial charge in [0.05, 0.1) is 0 Å². The van der Waals surface area contributed by atoms with Gasteiger partial charge in [-0.15, -0.1) is 0 Å². The van der Waals surface area contributed by atoms with Crippen LogP contribution in [0.15, 0.2) is 60.7 Å². The van der Waals surface area contributed by atoms with Crippen molar-refractivity contribution in [3.8, 4) is 0 Å². The van der Waals surface area contributed by atoms with E-state index in [4.69, 9.17) is 0 Å². The first-order chi connectivity index (χ1) is 17.9. The number of hydrogen-bond acceptors (Lipinski definition) is 2. The van der Waals surface area contributed by atoms with Crippen LogP contribution in [0.5, 0.6) is 0 Å². The molecule has 2 aromatic rings. The van der Waals surface area contributed by atoms with Gasteiger partial charge in [0, 0.05) is 18.6 Å². The molecule has 1 aliphatic heterocycles. The number of benzene rings is 2. The molecule has 0 spiro atoms. The molecule has 0 aromatic heterocycles. The van der Waals surface area contributed by atoms with Gasteiger partial charge in [-0.05, 0) is 111 Å². The number of nitrogens with one attached hydrogen (secondary N) is 1. The molecule has 3 fully saturated rings. The third kappa shape index (κ3) is 7.70. The summed E-state index contributed by atoms with van der Waals surface area (Å²) in [7, 11) is 0. The monoisotopic (exact) mass is 500 g/mol. The minimum Gasteiger partial charge on any atom is -0.311 e. The Labute approximate surface area is 227 Å². The molecule has 2 aliphatic carbocycles. The third-order valence-corrected chi connectivity index (χ3v) is 9.90. The highest BCUT2D eigenvalue weighted by atomic mass is 15.1. The van der Waals surface area contributed by atoms with Gasteiger partial charge in [0.15, 0.2) is 0 Å². The lowest BCUT2D eigenvalue weighted by molar-refractivity contribution is 0.140. The van der Waals surface area contributed by atoms with E-state index in [1.165, 1.54) is 89.4 Å². The van der Waals surface area contributed by atoms with Gasteiger partial charge >= 0.3 is 0 Å². The lowest BCUT2D eigenvalue weighted by Crippen LogP contribution is -2.44. The van der Waals surface area contributed by atoms with E-state index in [0.29, 0.717) is 23.4 Å². The summed E-state index contributed by atoms with van der Waals surface area (Å²) in [5, 5.41) is 4.20. The second kappa shape index (κ2) is 12.5. The van der Waals surface area contributed by atoms with Gasteiger partial charge in [-0.1, -0.05) is 87.9 Å². The summed E-state index contributed by atoms with van der Waals surface area (Å²) in [6, 6.07) is 23.9. The molecule has 2 nitrogen and oxygen atoms in total. The largest absolute Gasteiger partial charge is 0.311 e. The van der Waals surface area contributed by atoms with Crippen molar-refractivity contribution in [2.75, 3.05) is 19.6 Å². The van der Waals surface area contributed by atoms with Crippen molar-refractivity contribution in [1.82, 2.24) is 10.2 Å². The highest BCUT2D eigenvalue weighted by Crippen LogP contribution is 2.43. The van der Waals surface area contributed by atoms with Gasteiger partial charge < -0.3 is 10.2 Å². The van der Waals surface area contributed by atoms with E-state index in [0.717, 1.165) is 17.8 Å². The Bertz CT molecular complexity index is 930. The predicted molar refractivity (Wildman–Crippen MR) is 158 cm³/mol. The summed E-state index contributed by atoms with van der Waals surface area (Å²) in [5.74, 6) is 3.26. The Kier molecular flexibility index (Phi) is 9.09. The van der Waals surface area contributed by atoms with Crippen molar-refractivity contribution in [1.29, 1.82) is 0 Å². The molecule has 0 amide bonds. The maximum Gasteiger partial charge on any atom is 0.00789 e. The van der Waals surface area contributed by atoms with Crippen LogP contribution >= 0.6 is 0 Å². The van der Waals surface area contributed by atoms with E-state index in [9.17, 15) is 0 Å². The molecule has 2 heteroatoms. The van der Waals surface area contributed by atoms with Gasteiger partial charge in [0.25, 0.3) is 0 Å². The fourth-order valence-electron chi connectivity index (χ4n) is 8.41. The van der Waals surface area contributed by atoms with Crippen molar-refractivity contribution < 1.29 is 0 Å². The second-order valence-corrected chi connectivity index (χ2v) is 13.8. The Hall–Kier alpha value is -1.64. The zero-order chi connectivity index (χ0) is 25.7. The summed E-state index contributed by atoms with van der Waals surface area (Å²) in [6.07, 6.45) is 13.5. The van der Waals surface area contributed by atoms with Crippen LogP contribution < -0.4 is 5.32 Å². The SMILES string of the molecule is CC1CC(NC2C[C@H](CN3CCC(CCCc4ccccc4)CC3)[C@@H](c3ccccc3)C2)CC(C)(C)C1. The van der Waals surface area contributed by atoms with Gasteiger partial charge in [-0.3, -0.25) is 0 Å². The second-order valence-electron chi connectivity index (χ2n) is 13.8. The average molecular weight is 501 g/mol. The summed E-state index contributed by atoms with van der Waals surface area (Å²) >= 11 is 0. The summed E-state index contributed by atoms with van der Waals surface area (Å²) in [6.45, 7) is 11.3. The summed E-state index contributed by atoms with van der Waals surface area (Å²) in [4.78, 5) is 2.82. The molecule has 0 radical (unpaired) electrons. The maximum atomic E-state index is 4.20. The molecule has 202 valence electrons. The Balaban J connectivity index is 1.13. The van der Waals surface area contributed by atoms with Gasteiger partial charge in [0.1, 0.15) is 0 Å². The number of nitrogens with zero attached hydrogens (tertiary/aromatic N) is 1. The van der Waals surface area contributed by atoms with Crippen LogP contribution in [0.25, 0.3) is 0 Å². The first-order valence-corrected chi connectivity index (χ1v) is 15.5. The molecule has 1 saturated heterocycles. The summed E-state index contributed by atoms with van der Waals surface area (Å²) in [5.41, 5.74) is 3.56. The minimum absolute atomic E-state index is 0.484. The smallest absolute Gasteiger partial charge is 0.00789 e. The van der Waals surface area contributed by atoms with E-state index < -0.39 is 0 Å². The van der Waals surface area contributed by atoms with Crippen LogP contribution in [0.2, 0.25) is 0 Å². The Morgan fingerprint density at radius 3 is 2.24 bits per heavy atom. The van der Waals surface area contributed by atoms with Crippen LogP contribution in [-0.2, 0) is 6.42 Å². The normalized spacial score (nSPS) is 30.9. The maximum absolute atomic E-state index is 4.20. The predicted octanol–water partition coefficient (Wildman–Crippen LogP) is 8.09. The minimum atomic E-state index is 0.484. The summed E-state index contributed by atoms with van der Waals surface area (Å²) < 4.78 is 0. The van der Waals surface area contributed by atoms with Crippen LogP contribution in [0, 0.1) is 23.2 Å². The van der Waals surface area contributed by atoms with E-state index in [1.54, 1.807) is 5.56 Å². The lowest BCUT2D eigenvalue weighted by Gasteiger charge is -2.40. The molecule has 5 atom stereocenters.